The van der Waals surface area contributed by atoms with E-state index in [2.05, 4.69) is 0 Å². The molecule has 0 atom stereocenters. The summed E-state index contributed by atoms with van der Waals surface area (Å²) in [6.07, 6.45) is 1.17. The molecule has 0 aliphatic heterocycles. The van der Waals surface area contributed by atoms with Gasteiger partial charge in [-0.3, -0.25) is 0 Å². The fourth-order valence-corrected chi connectivity index (χ4v) is 2.07. The number of aliphatic carboxylic acids is 1. The summed E-state index contributed by atoms with van der Waals surface area (Å²) in [6, 6.07) is 14.3. The Morgan fingerprint density at radius 2 is 1.85 bits per heavy atom. The molecular weight excluding hydrogens is 276 g/mol. The molecule has 0 fully saturated rings. The van der Waals surface area contributed by atoms with Crippen molar-refractivity contribution >= 4 is 23.1 Å². The predicted octanol–water partition coefficient (Wildman–Crippen LogP) is 3.86. The molecule has 0 spiro atoms. The van der Waals surface area contributed by atoms with Gasteiger partial charge in [-0.05, 0) is 41.0 Å². The Balaban J connectivity index is 2.50. The van der Waals surface area contributed by atoms with Crippen LogP contribution in [0.2, 0.25) is 5.02 Å². The van der Waals surface area contributed by atoms with E-state index in [0.717, 1.165) is 16.9 Å². The number of carboxylic acid groups (broad SMARTS) is 1. The molecule has 0 saturated carbocycles. The second-order valence-corrected chi connectivity index (χ2v) is 4.57. The van der Waals surface area contributed by atoms with Crippen molar-refractivity contribution in [1.82, 2.24) is 0 Å². The molecule has 2 aromatic rings. The van der Waals surface area contributed by atoms with Crippen molar-refractivity contribution < 1.29 is 14.6 Å². The van der Waals surface area contributed by atoms with Gasteiger partial charge in [-0.1, -0.05) is 35.9 Å². The largest absolute Gasteiger partial charge is 0.497 e. The topological polar surface area (TPSA) is 46.5 Å². The number of methoxy groups -OCH3 is 1. The Hall–Kier alpha value is -2.26. The average Bonchev–Trinajstić information content (AvgIpc) is 2.45. The van der Waals surface area contributed by atoms with E-state index in [1.54, 1.807) is 37.4 Å². The SMILES string of the molecule is COc1ccc(C(=CC(=O)O)c2cccc(Cl)c2)cc1. The number of hydrogen-bond donors (Lipinski definition) is 1. The van der Waals surface area contributed by atoms with Crippen LogP contribution in [0.1, 0.15) is 11.1 Å². The van der Waals surface area contributed by atoms with Crippen molar-refractivity contribution in [3.63, 3.8) is 0 Å². The highest BCUT2D eigenvalue weighted by atomic mass is 35.5. The summed E-state index contributed by atoms with van der Waals surface area (Å²) in [5.74, 6) is -0.287. The van der Waals surface area contributed by atoms with Gasteiger partial charge in [0.2, 0.25) is 0 Å². The summed E-state index contributed by atoms with van der Waals surface area (Å²) >= 11 is 5.97. The quantitative estimate of drug-likeness (QED) is 0.869. The molecule has 0 bridgehead atoms. The molecule has 0 unspecified atom stereocenters. The van der Waals surface area contributed by atoms with Gasteiger partial charge in [-0.15, -0.1) is 0 Å². The van der Waals surface area contributed by atoms with Crippen LogP contribution in [0.15, 0.2) is 54.6 Å². The Kier molecular flexibility index (Phi) is 4.43. The second kappa shape index (κ2) is 6.26. The van der Waals surface area contributed by atoms with E-state index in [9.17, 15) is 4.79 Å². The number of carboxylic acids is 1. The fourth-order valence-electron chi connectivity index (χ4n) is 1.88. The third-order valence-corrected chi connectivity index (χ3v) is 3.04. The molecule has 0 radical (unpaired) electrons. The first-order valence-electron chi connectivity index (χ1n) is 5.95. The van der Waals surface area contributed by atoms with Crippen LogP contribution < -0.4 is 4.74 Å². The molecule has 0 heterocycles. The Morgan fingerprint density at radius 3 is 2.40 bits per heavy atom. The van der Waals surface area contributed by atoms with Gasteiger partial charge in [0.05, 0.1) is 7.11 Å². The lowest BCUT2D eigenvalue weighted by Gasteiger charge is -2.09. The van der Waals surface area contributed by atoms with Crippen molar-refractivity contribution in [1.29, 1.82) is 0 Å². The maximum atomic E-state index is 11.0. The zero-order chi connectivity index (χ0) is 14.5. The van der Waals surface area contributed by atoms with Gasteiger partial charge in [0.25, 0.3) is 0 Å². The molecule has 0 aromatic heterocycles. The fraction of sp³-hybridized carbons (Fsp3) is 0.0625. The molecule has 2 aromatic carbocycles. The van der Waals surface area contributed by atoms with Crippen LogP contribution >= 0.6 is 11.6 Å². The normalized spacial score (nSPS) is 11.2. The lowest BCUT2D eigenvalue weighted by molar-refractivity contribution is -0.131. The van der Waals surface area contributed by atoms with E-state index < -0.39 is 5.97 Å². The Labute approximate surface area is 122 Å². The van der Waals surface area contributed by atoms with Crippen LogP contribution in [0.4, 0.5) is 0 Å². The molecule has 0 saturated heterocycles. The smallest absolute Gasteiger partial charge is 0.328 e. The molecule has 0 aliphatic rings. The molecular formula is C16H13ClO3. The van der Waals surface area contributed by atoms with Crippen LogP contribution in [0.3, 0.4) is 0 Å². The highest BCUT2D eigenvalue weighted by Crippen LogP contribution is 2.27. The molecule has 20 heavy (non-hydrogen) atoms. The standard InChI is InChI=1S/C16H13ClO3/c1-20-14-7-5-11(6-8-14)15(10-16(18)19)12-3-2-4-13(17)9-12/h2-10H,1H3,(H,18,19). The maximum absolute atomic E-state index is 11.0. The highest BCUT2D eigenvalue weighted by molar-refractivity contribution is 6.30. The van der Waals surface area contributed by atoms with Crippen LogP contribution in [0.5, 0.6) is 5.75 Å². The lowest BCUT2D eigenvalue weighted by atomic mass is 9.97. The van der Waals surface area contributed by atoms with E-state index in [1.807, 2.05) is 18.2 Å². The van der Waals surface area contributed by atoms with Gasteiger partial charge in [0, 0.05) is 11.1 Å². The highest BCUT2D eigenvalue weighted by Gasteiger charge is 2.08. The minimum absolute atomic E-state index is 0.562. The number of ether oxygens (including phenoxy) is 1. The van der Waals surface area contributed by atoms with Gasteiger partial charge in [0.1, 0.15) is 5.75 Å². The summed E-state index contributed by atoms with van der Waals surface area (Å²) in [4.78, 5) is 11.0. The molecule has 2 rings (SSSR count). The van der Waals surface area contributed by atoms with E-state index in [0.29, 0.717) is 10.6 Å². The zero-order valence-corrected chi connectivity index (χ0v) is 11.6. The van der Waals surface area contributed by atoms with Crippen molar-refractivity contribution in [2.45, 2.75) is 0 Å². The first-order valence-corrected chi connectivity index (χ1v) is 6.33. The Morgan fingerprint density at radius 1 is 1.15 bits per heavy atom. The molecule has 4 heteroatoms. The second-order valence-electron chi connectivity index (χ2n) is 4.14. The van der Waals surface area contributed by atoms with Crippen LogP contribution in [-0.2, 0) is 4.79 Å². The molecule has 0 amide bonds. The van der Waals surface area contributed by atoms with Gasteiger partial charge in [-0.2, -0.15) is 0 Å². The number of carbonyl (C=O) groups is 1. The van der Waals surface area contributed by atoms with Gasteiger partial charge in [0.15, 0.2) is 0 Å². The number of benzene rings is 2. The van der Waals surface area contributed by atoms with Gasteiger partial charge >= 0.3 is 5.97 Å². The van der Waals surface area contributed by atoms with Crippen molar-refractivity contribution in [3.8, 4) is 5.75 Å². The minimum Gasteiger partial charge on any atom is -0.497 e. The molecule has 3 nitrogen and oxygen atoms in total. The van der Waals surface area contributed by atoms with Crippen LogP contribution in [-0.4, -0.2) is 18.2 Å². The summed E-state index contributed by atoms with van der Waals surface area (Å²) < 4.78 is 5.10. The summed E-state index contributed by atoms with van der Waals surface area (Å²) in [5.41, 5.74) is 2.14. The zero-order valence-electron chi connectivity index (χ0n) is 10.8. The number of hydrogen-bond acceptors (Lipinski definition) is 2. The predicted molar refractivity (Wildman–Crippen MR) is 79.2 cm³/mol. The summed E-state index contributed by atoms with van der Waals surface area (Å²) in [5, 5.41) is 9.60. The van der Waals surface area contributed by atoms with E-state index >= 15 is 0 Å². The molecule has 102 valence electrons. The number of rotatable bonds is 4. The van der Waals surface area contributed by atoms with E-state index in [4.69, 9.17) is 21.4 Å². The third-order valence-electron chi connectivity index (χ3n) is 2.80. The summed E-state index contributed by atoms with van der Waals surface area (Å²) in [7, 11) is 1.58. The molecule has 1 N–H and O–H groups in total. The minimum atomic E-state index is -1.00. The monoisotopic (exact) mass is 288 g/mol. The van der Waals surface area contributed by atoms with Crippen molar-refractivity contribution in [2.75, 3.05) is 7.11 Å². The van der Waals surface area contributed by atoms with Gasteiger partial charge in [-0.25, -0.2) is 4.79 Å². The first-order chi connectivity index (χ1) is 9.60. The van der Waals surface area contributed by atoms with Crippen molar-refractivity contribution in [3.05, 3.63) is 70.8 Å². The maximum Gasteiger partial charge on any atom is 0.328 e. The average molecular weight is 289 g/mol. The summed E-state index contributed by atoms with van der Waals surface area (Å²) in [6.45, 7) is 0. The first kappa shape index (κ1) is 14.2. The third kappa shape index (κ3) is 3.39. The Bertz CT molecular complexity index is 645. The van der Waals surface area contributed by atoms with Crippen molar-refractivity contribution in [2.24, 2.45) is 0 Å². The van der Waals surface area contributed by atoms with E-state index in [1.165, 1.54) is 6.08 Å². The van der Waals surface area contributed by atoms with Gasteiger partial charge < -0.3 is 9.84 Å². The van der Waals surface area contributed by atoms with Crippen LogP contribution in [0, 0.1) is 0 Å². The van der Waals surface area contributed by atoms with E-state index in [-0.39, 0.29) is 0 Å². The number of halogens is 1. The van der Waals surface area contributed by atoms with Crippen LogP contribution in [0.25, 0.3) is 5.57 Å². The molecule has 0 aliphatic carbocycles. The lowest BCUT2D eigenvalue weighted by Crippen LogP contribution is -1.95.